The zero-order valence-electron chi connectivity index (χ0n) is 10.7. The molecule has 1 aliphatic rings. The fraction of sp³-hybridized carbons (Fsp3) is 0.769. The molecule has 0 aromatic carbocycles. The van der Waals surface area contributed by atoms with Crippen LogP contribution in [0.15, 0.2) is 12.2 Å². The van der Waals surface area contributed by atoms with Gasteiger partial charge in [0.1, 0.15) is 6.10 Å². The Bertz CT molecular complexity index is 287. The molecule has 17 heavy (non-hydrogen) atoms. The Hall–Kier alpha value is -0.870. The third-order valence-electron chi connectivity index (χ3n) is 3.46. The molecule has 0 unspecified atom stereocenters. The Kier molecular flexibility index (Phi) is 5.15. The summed E-state index contributed by atoms with van der Waals surface area (Å²) in [7, 11) is 0. The minimum Gasteiger partial charge on any atom is -0.462 e. The van der Waals surface area contributed by atoms with Gasteiger partial charge >= 0.3 is 5.97 Å². The first-order chi connectivity index (χ1) is 7.97. The van der Waals surface area contributed by atoms with E-state index in [9.17, 15) is 9.90 Å². The first kappa shape index (κ1) is 14.2. The molecule has 1 saturated heterocycles. The Morgan fingerprint density at radius 3 is 2.65 bits per heavy atom. The van der Waals surface area contributed by atoms with Crippen molar-refractivity contribution >= 4 is 5.97 Å². The number of hydrogen-bond acceptors (Lipinski definition) is 4. The van der Waals surface area contributed by atoms with Crippen molar-refractivity contribution in [2.24, 2.45) is 17.8 Å². The number of ether oxygens (including phenoxy) is 1. The topological polar surface area (TPSA) is 66.8 Å². The number of cyclic esters (lactones) is 1. The number of aliphatic hydroxyl groups excluding tert-OH is 2. The zero-order chi connectivity index (χ0) is 13.0. The summed E-state index contributed by atoms with van der Waals surface area (Å²) in [6.07, 6.45) is 3.05. The van der Waals surface area contributed by atoms with E-state index in [4.69, 9.17) is 9.84 Å². The summed E-state index contributed by atoms with van der Waals surface area (Å²) in [4.78, 5) is 11.2. The fourth-order valence-corrected chi connectivity index (χ4v) is 2.38. The highest BCUT2D eigenvalue weighted by molar-refractivity contribution is 5.72. The van der Waals surface area contributed by atoms with Gasteiger partial charge in [-0.05, 0) is 0 Å². The molecule has 0 aliphatic carbocycles. The van der Waals surface area contributed by atoms with E-state index in [1.165, 1.54) is 0 Å². The minimum atomic E-state index is -0.573. The molecular formula is C13H22O4. The number of hydrogen-bond donors (Lipinski definition) is 2. The van der Waals surface area contributed by atoms with Crippen molar-refractivity contribution in [3.8, 4) is 0 Å². The highest BCUT2D eigenvalue weighted by Crippen LogP contribution is 2.31. The standard InChI is InChI=1S/C13H22O4/c1-8(5-4-6-14)12(16)10(3)13-9(2)7-11(15)17-13/h4-5,8-10,12-14,16H,6-7H2,1-3H3/b5-4+/t8-,9-,10+,12+,13-/m0/s1. The predicted molar refractivity (Wildman–Crippen MR) is 64.2 cm³/mol. The second-order valence-corrected chi connectivity index (χ2v) is 4.96. The van der Waals surface area contributed by atoms with E-state index < -0.39 is 6.10 Å². The number of esters is 1. The largest absolute Gasteiger partial charge is 0.462 e. The first-order valence-electron chi connectivity index (χ1n) is 6.12. The van der Waals surface area contributed by atoms with Crippen molar-refractivity contribution in [1.82, 2.24) is 0 Å². The van der Waals surface area contributed by atoms with E-state index >= 15 is 0 Å². The van der Waals surface area contributed by atoms with E-state index in [1.54, 1.807) is 12.2 Å². The van der Waals surface area contributed by atoms with Gasteiger partial charge in [-0.15, -0.1) is 0 Å². The molecule has 0 aromatic heterocycles. The van der Waals surface area contributed by atoms with Gasteiger partial charge in [0.2, 0.25) is 0 Å². The van der Waals surface area contributed by atoms with E-state index in [0.717, 1.165) is 0 Å². The number of aliphatic hydroxyl groups is 2. The quantitative estimate of drug-likeness (QED) is 0.560. The Balaban J connectivity index is 2.59. The van der Waals surface area contributed by atoms with Crippen molar-refractivity contribution in [3.05, 3.63) is 12.2 Å². The van der Waals surface area contributed by atoms with Crippen LogP contribution in [0, 0.1) is 17.8 Å². The molecule has 98 valence electrons. The van der Waals surface area contributed by atoms with Crippen LogP contribution < -0.4 is 0 Å². The van der Waals surface area contributed by atoms with Crippen molar-refractivity contribution in [2.45, 2.75) is 39.4 Å². The summed E-state index contributed by atoms with van der Waals surface area (Å²) in [6, 6.07) is 0. The normalized spacial score (nSPS) is 30.3. The van der Waals surface area contributed by atoms with Gasteiger partial charge in [-0.3, -0.25) is 4.79 Å². The minimum absolute atomic E-state index is 0.0275. The molecule has 0 amide bonds. The SMILES string of the molecule is C[C@H]([C@H](O)[C@@H](C)/C=C/CO)[C@H]1OC(=O)C[C@@H]1C. The number of carbonyl (C=O) groups excluding carboxylic acids is 1. The Morgan fingerprint density at radius 1 is 1.53 bits per heavy atom. The Labute approximate surface area is 102 Å². The van der Waals surface area contributed by atoms with E-state index in [2.05, 4.69) is 0 Å². The van der Waals surface area contributed by atoms with E-state index in [-0.39, 0.29) is 36.4 Å². The van der Waals surface area contributed by atoms with Crippen LogP contribution in [0.4, 0.5) is 0 Å². The van der Waals surface area contributed by atoms with Crippen LogP contribution in [0.25, 0.3) is 0 Å². The fourth-order valence-electron chi connectivity index (χ4n) is 2.38. The van der Waals surface area contributed by atoms with Gasteiger partial charge in [0.05, 0.1) is 19.1 Å². The lowest BCUT2D eigenvalue weighted by atomic mass is 9.84. The summed E-state index contributed by atoms with van der Waals surface area (Å²) >= 11 is 0. The lowest BCUT2D eigenvalue weighted by Crippen LogP contribution is -2.36. The molecule has 1 aliphatic heterocycles. The highest BCUT2D eigenvalue weighted by Gasteiger charge is 2.39. The second-order valence-electron chi connectivity index (χ2n) is 4.96. The van der Waals surface area contributed by atoms with Gasteiger partial charge in [-0.1, -0.05) is 32.9 Å². The van der Waals surface area contributed by atoms with Crippen LogP contribution in [0.1, 0.15) is 27.2 Å². The number of carbonyl (C=O) groups is 1. The maximum Gasteiger partial charge on any atom is 0.306 e. The van der Waals surface area contributed by atoms with Crippen LogP contribution in [-0.4, -0.2) is 35.0 Å². The third kappa shape index (κ3) is 3.54. The third-order valence-corrected chi connectivity index (χ3v) is 3.46. The monoisotopic (exact) mass is 242 g/mol. The van der Waals surface area contributed by atoms with Gasteiger partial charge in [0.15, 0.2) is 0 Å². The molecule has 2 N–H and O–H groups in total. The molecule has 4 heteroatoms. The van der Waals surface area contributed by atoms with E-state index in [0.29, 0.717) is 6.42 Å². The molecule has 0 aromatic rings. The summed E-state index contributed by atoms with van der Waals surface area (Å²) in [5.74, 6) is -0.195. The maximum atomic E-state index is 11.2. The van der Waals surface area contributed by atoms with Gasteiger partial charge in [0.25, 0.3) is 0 Å². The number of rotatable bonds is 5. The molecule has 4 nitrogen and oxygen atoms in total. The van der Waals surface area contributed by atoms with Crippen molar-refractivity contribution in [2.75, 3.05) is 6.61 Å². The van der Waals surface area contributed by atoms with Crippen molar-refractivity contribution in [1.29, 1.82) is 0 Å². The zero-order valence-corrected chi connectivity index (χ0v) is 10.7. The highest BCUT2D eigenvalue weighted by atomic mass is 16.6. The molecule has 1 fully saturated rings. The summed E-state index contributed by atoms with van der Waals surface area (Å²) in [5.41, 5.74) is 0. The summed E-state index contributed by atoms with van der Waals surface area (Å²) in [5, 5.41) is 18.8. The van der Waals surface area contributed by atoms with Crippen molar-refractivity contribution < 1.29 is 19.7 Å². The Morgan fingerprint density at radius 2 is 2.18 bits per heavy atom. The molecule has 0 bridgehead atoms. The van der Waals surface area contributed by atoms with Gasteiger partial charge < -0.3 is 14.9 Å². The lowest BCUT2D eigenvalue weighted by molar-refractivity contribution is -0.145. The predicted octanol–water partition coefficient (Wildman–Crippen LogP) is 1.12. The molecule has 5 atom stereocenters. The molecule has 1 heterocycles. The van der Waals surface area contributed by atoms with Gasteiger partial charge in [-0.25, -0.2) is 0 Å². The first-order valence-corrected chi connectivity index (χ1v) is 6.12. The second kappa shape index (κ2) is 6.17. The van der Waals surface area contributed by atoms with E-state index in [1.807, 2.05) is 20.8 Å². The summed E-state index contributed by atoms with van der Waals surface area (Å²) in [6.45, 7) is 5.72. The van der Waals surface area contributed by atoms with Crippen LogP contribution in [0.2, 0.25) is 0 Å². The lowest BCUT2D eigenvalue weighted by Gasteiger charge is -2.28. The van der Waals surface area contributed by atoms with Crippen LogP contribution in [0.5, 0.6) is 0 Å². The van der Waals surface area contributed by atoms with Gasteiger partial charge in [-0.2, -0.15) is 0 Å². The average Bonchev–Trinajstić information content (AvgIpc) is 2.63. The molecule has 0 radical (unpaired) electrons. The average molecular weight is 242 g/mol. The molecule has 0 spiro atoms. The smallest absolute Gasteiger partial charge is 0.306 e. The van der Waals surface area contributed by atoms with Gasteiger partial charge in [0, 0.05) is 17.8 Å². The maximum absolute atomic E-state index is 11.2. The molecule has 1 rings (SSSR count). The van der Waals surface area contributed by atoms with Crippen LogP contribution >= 0.6 is 0 Å². The molecular weight excluding hydrogens is 220 g/mol. The molecule has 0 saturated carbocycles. The summed E-state index contributed by atoms with van der Waals surface area (Å²) < 4.78 is 5.24. The van der Waals surface area contributed by atoms with Crippen LogP contribution in [0.3, 0.4) is 0 Å². The van der Waals surface area contributed by atoms with Crippen LogP contribution in [-0.2, 0) is 9.53 Å². The van der Waals surface area contributed by atoms with Crippen molar-refractivity contribution in [3.63, 3.8) is 0 Å².